The summed E-state index contributed by atoms with van der Waals surface area (Å²) in [5.41, 5.74) is 7.36. The van der Waals surface area contributed by atoms with Gasteiger partial charge in [0.05, 0.1) is 12.3 Å². The number of furan rings is 1. The molecule has 112 valence electrons. The first-order valence-corrected chi connectivity index (χ1v) is 7.83. The Balaban J connectivity index is 1.81. The standard InChI is InChI=1S/C18H24N2O/c1-14(19)15-9-11-20(12-10-15)18(17-8-5-13-21-17)16-6-3-2-4-7-16/h2-8,13-15,18H,9-12,19H2,1H3. The van der Waals surface area contributed by atoms with E-state index in [0.29, 0.717) is 12.0 Å². The van der Waals surface area contributed by atoms with Crippen LogP contribution in [-0.4, -0.2) is 24.0 Å². The van der Waals surface area contributed by atoms with Gasteiger partial charge in [0.1, 0.15) is 5.76 Å². The van der Waals surface area contributed by atoms with Gasteiger partial charge >= 0.3 is 0 Å². The van der Waals surface area contributed by atoms with Crippen molar-refractivity contribution in [2.24, 2.45) is 11.7 Å². The number of hydrogen-bond donors (Lipinski definition) is 1. The highest BCUT2D eigenvalue weighted by Crippen LogP contribution is 2.33. The Morgan fingerprint density at radius 1 is 1.10 bits per heavy atom. The third-order valence-corrected chi connectivity index (χ3v) is 4.61. The van der Waals surface area contributed by atoms with Gasteiger partial charge in [-0.1, -0.05) is 30.3 Å². The van der Waals surface area contributed by atoms with Gasteiger partial charge in [0.2, 0.25) is 0 Å². The van der Waals surface area contributed by atoms with E-state index in [1.165, 1.54) is 18.4 Å². The maximum absolute atomic E-state index is 6.06. The smallest absolute Gasteiger partial charge is 0.125 e. The molecule has 21 heavy (non-hydrogen) atoms. The van der Waals surface area contributed by atoms with E-state index in [1.807, 2.05) is 6.07 Å². The van der Waals surface area contributed by atoms with Crippen LogP contribution in [0.4, 0.5) is 0 Å². The SMILES string of the molecule is CC(N)C1CCN(C(c2ccccc2)c2ccco2)CC1. The van der Waals surface area contributed by atoms with Gasteiger partial charge in [-0.05, 0) is 56.5 Å². The lowest BCUT2D eigenvalue weighted by Gasteiger charge is -2.38. The molecular weight excluding hydrogens is 260 g/mol. The minimum atomic E-state index is 0.218. The van der Waals surface area contributed by atoms with Crippen LogP contribution in [0.3, 0.4) is 0 Å². The quantitative estimate of drug-likeness (QED) is 0.935. The summed E-state index contributed by atoms with van der Waals surface area (Å²) in [4.78, 5) is 2.52. The van der Waals surface area contributed by atoms with Gasteiger partial charge in [0, 0.05) is 6.04 Å². The number of piperidine rings is 1. The van der Waals surface area contributed by atoms with Gasteiger partial charge in [-0.15, -0.1) is 0 Å². The van der Waals surface area contributed by atoms with Crippen LogP contribution in [0, 0.1) is 5.92 Å². The summed E-state index contributed by atoms with van der Waals surface area (Å²) >= 11 is 0. The molecule has 2 aromatic rings. The highest BCUT2D eigenvalue weighted by molar-refractivity contribution is 5.26. The second kappa shape index (κ2) is 6.46. The molecule has 1 aromatic carbocycles. The van der Waals surface area contributed by atoms with Crippen molar-refractivity contribution in [2.45, 2.75) is 31.8 Å². The lowest BCUT2D eigenvalue weighted by Crippen LogP contribution is -2.41. The average molecular weight is 284 g/mol. The summed E-state index contributed by atoms with van der Waals surface area (Å²) < 4.78 is 5.71. The number of nitrogens with two attached hydrogens (primary N) is 1. The molecule has 0 saturated carbocycles. The second-order valence-corrected chi connectivity index (χ2v) is 6.06. The Morgan fingerprint density at radius 2 is 1.81 bits per heavy atom. The van der Waals surface area contributed by atoms with Gasteiger partial charge in [-0.25, -0.2) is 0 Å². The zero-order chi connectivity index (χ0) is 14.7. The van der Waals surface area contributed by atoms with Crippen molar-refractivity contribution < 1.29 is 4.42 Å². The molecule has 2 unspecified atom stereocenters. The van der Waals surface area contributed by atoms with Crippen LogP contribution in [-0.2, 0) is 0 Å². The number of hydrogen-bond acceptors (Lipinski definition) is 3. The van der Waals surface area contributed by atoms with E-state index in [9.17, 15) is 0 Å². The largest absolute Gasteiger partial charge is 0.467 e. The molecule has 0 aliphatic carbocycles. The average Bonchev–Trinajstić information content (AvgIpc) is 3.03. The van der Waals surface area contributed by atoms with Crippen LogP contribution in [0.5, 0.6) is 0 Å². The van der Waals surface area contributed by atoms with Gasteiger partial charge < -0.3 is 10.2 Å². The fourth-order valence-corrected chi connectivity index (χ4v) is 3.34. The van der Waals surface area contributed by atoms with Crippen LogP contribution in [0.1, 0.15) is 37.1 Å². The van der Waals surface area contributed by atoms with Crippen molar-refractivity contribution in [2.75, 3.05) is 13.1 Å². The van der Waals surface area contributed by atoms with E-state index in [2.05, 4.69) is 48.2 Å². The third-order valence-electron chi connectivity index (χ3n) is 4.61. The lowest BCUT2D eigenvalue weighted by molar-refractivity contribution is 0.130. The molecular formula is C18H24N2O. The Morgan fingerprint density at radius 3 is 2.38 bits per heavy atom. The highest BCUT2D eigenvalue weighted by atomic mass is 16.3. The van der Waals surface area contributed by atoms with Crippen LogP contribution in [0.25, 0.3) is 0 Å². The molecule has 1 aromatic heterocycles. The predicted octanol–water partition coefficient (Wildman–Crippen LogP) is 3.43. The number of nitrogens with zero attached hydrogens (tertiary/aromatic N) is 1. The fourth-order valence-electron chi connectivity index (χ4n) is 3.34. The predicted molar refractivity (Wildman–Crippen MR) is 84.9 cm³/mol. The number of benzene rings is 1. The zero-order valence-corrected chi connectivity index (χ0v) is 12.6. The molecule has 3 nitrogen and oxygen atoms in total. The lowest BCUT2D eigenvalue weighted by atomic mass is 9.89. The molecule has 1 aliphatic rings. The monoisotopic (exact) mass is 284 g/mol. The second-order valence-electron chi connectivity index (χ2n) is 6.06. The van der Waals surface area contributed by atoms with Crippen molar-refractivity contribution in [1.82, 2.24) is 4.90 Å². The molecule has 2 atom stereocenters. The summed E-state index contributed by atoms with van der Waals surface area (Å²) in [7, 11) is 0. The molecule has 0 amide bonds. The summed E-state index contributed by atoms with van der Waals surface area (Å²) in [5, 5.41) is 0. The van der Waals surface area contributed by atoms with Gasteiger partial charge in [0.25, 0.3) is 0 Å². The minimum absolute atomic E-state index is 0.218. The summed E-state index contributed by atoms with van der Waals surface area (Å²) in [6, 6.07) is 15.2. The van der Waals surface area contributed by atoms with Gasteiger partial charge in [-0.2, -0.15) is 0 Å². The molecule has 0 spiro atoms. The maximum Gasteiger partial charge on any atom is 0.125 e. The first kappa shape index (κ1) is 14.4. The van der Waals surface area contributed by atoms with E-state index in [0.717, 1.165) is 18.8 Å². The van der Waals surface area contributed by atoms with E-state index in [4.69, 9.17) is 10.2 Å². The molecule has 0 bridgehead atoms. The van der Waals surface area contributed by atoms with Crippen LogP contribution in [0.2, 0.25) is 0 Å². The topological polar surface area (TPSA) is 42.4 Å². The number of likely N-dealkylation sites (tertiary alicyclic amines) is 1. The third kappa shape index (κ3) is 3.20. The molecule has 1 aliphatic heterocycles. The normalized spacial score (nSPS) is 20.3. The van der Waals surface area contributed by atoms with Crippen molar-refractivity contribution in [3.8, 4) is 0 Å². The molecule has 1 fully saturated rings. The highest BCUT2D eigenvalue weighted by Gasteiger charge is 2.29. The van der Waals surface area contributed by atoms with E-state index in [-0.39, 0.29) is 6.04 Å². The zero-order valence-electron chi connectivity index (χ0n) is 12.6. The van der Waals surface area contributed by atoms with E-state index < -0.39 is 0 Å². The van der Waals surface area contributed by atoms with Gasteiger partial charge in [0.15, 0.2) is 0 Å². The molecule has 0 radical (unpaired) electrons. The van der Waals surface area contributed by atoms with Crippen molar-refractivity contribution in [3.05, 3.63) is 60.1 Å². The Labute approximate surface area is 126 Å². The van der Waals surface area contributed by atoms with Crippen molar-refractivity contribution in [1.29, 1.82) is 0 Å². The molecule has 2 heterocycles. The summed E-state index contributed by atoms with van der Waals surface area (Å²) in [6.45, 7) is 4.28. The van der Waals surface area contributed by atoms with E-state index >= 15 is 0 Å². The maximum atomic E-state index is 6.06. The summed E-state index contributed by atoms with van der Waals surface area (Å²) in [6.07, 6.45) is 4.10. The van der Waals surface area contributed by atoms with Crippen LogP contribution >= 0.6 is 0 Å². The summed E-state index contributed by atoms with van der Waals surface area (Å²) in [5.74, 6) is 1.68. The number of rotatable bonds is 4. The Kier molecular flexibility index (Phi) is 4.42. The van der Waals surface area contributed by atoms with Crippen LogP contribution < -0.4 is 5.73 Å². The molecule has 3 heteroatoms. The fraction of sp³-hybridized carbons (Fsp3) is 0.444. The van der Waals surface area contributed by atoms with Crippen molar-refractivity contribution >= 4 is 0 Å². The Hall–Kier alpha value is -1.58. The molecule has 2 N–H and O–H groups in total. The van der Waals surface area contributed by atoms with Crippen molar-refractivity contribution in [3.63, 3.8) is 0 Å². The van der Waals surface area contributed by atoms with E-state index in [1.54, 1.807) is 6.26 Å². The minimum Gasteiger partial charge on any atom is -0.467 e. The Bertz CT molecular complexity index is 528. The first-order valence-electron chi connectivity index (χ1n) is 7.83. The molecule has 3 rings (SSSR count). The molecule has 1 saturated heterocycles. The van der Waals surface area contributed by atoms with Gasteiger partial charge in [-0.3, -0.25) is 4.90 Å². The first-order chi connectivity index (χ1) is 10.3. The van der Waals surface area contributed by atoms with Crippen LogP contribution in [0.15, 0.2) is 53.1 Å².